The highest BCUT2D eigenvalue weighted by atomic mass is 79.9. The summed E-state index contributed by atoms with van der Waals surface area (Å²) in [6, 6.07) is 0. The summed E-state index contributed by atoms with van der Waals surface area (Å²) < 4.78 is 2.35. The molecular formula is C12H18BrN5O2. The molecule has 20 heavy (non-hydrogen) atoms. The fourth-order valence-corrected chi connectivity index (χ4v) is 2.71. The summed E-state index contributed by atoms with van der Waals surface area (Å²) in [5.74, 6) is 0.711. The monoisotopic (exact) mass is 343 g/mol. The van der Waals surface area contributed by atoms with Crippen molar-refractivity contribution < 1.29 is 10.2 Å². The number of hydrogen-bond donors (Lipinski definition) is 2. The van der Waals surface area contributed by atoms with Gasteiger partial charge in [-0.05, 0) is 15.9 Å². The molecule has 0 aliphatic rings. The van der Waals surface area contributed by atoms with E-state index in [0.717, 1.165) is 11.0 Å². The van der Waals surface area contributed by atoms with Gasteiger partial charge in [-0.2, -0.15) is 5.10 Å². The van der Waals surface area contributed by atoms with E-state index in [1.807, 2.05) is 25.9 Å². The third-order valence-electron chi connectivity index (χ3n) is 3.30. The lowest BCUT2D eigenvalue weighted by molar-refractivity contribution is 0.0762. The van der Waals surface area contributed by atoms with Gasteiger partial charge >= 0.3 is 0 Å². The van der Waals surface area contributed by atoms with Crippen molar-refractivity contribution >= 4 is 32.8 Å². The summed E-state index contributed by atoms with van der Waals surface area (Å²) in [7, 11) is 3.68. The minimum atomic E-state index is -0.597. The Bertz CT molecular complexity index is 611. The number of aliphatic hydroxyl groups is 2. The van der Waals surface area contributed by atoms with E-state index in [1.54, 1.807) is 4.68 Å². The molecule has 2 aromatic heterocycles. The fraction of sp³-hybridized carbons (Fsp3) is 0.583. The van der Waals surface area contributed by atoms with E-state index in [-0.39, 0.29) is 13.2 Å². The zero-order valence-electron chi connectivity index (χ0n) is 11.7. The molecule has 8 heteroatoms. The molecule has 2 N–H and O–H groups in total. The molecule has 0 aromatic carbocycles. The van der Waals surface area contributed by atoms with Gasteiger partial charge in [0.25, 0.3) is 0 Å². The number of fused-ring (bicyclic) bond motifs is 1. The maximum Gasteiger partial charge on any atom is 0.164 e. The Balaban J connectivity index is 2.42. The molecule has 0 bridgehead atoms. The lowest BCUT2D eigenvalue weighted by Gasteiger charge is -2.31. The summed E-state index contributed by atoms with van der Waals surface area (Å²) >= 11 is 3.41. The summed E-state index contributed by atoms with van der Waals surface area (Å²) in [4.78, 5) is 10.4. The van der Waals surface area contributed by atoms with E-state index >= 15 is 0 Å². The first-order valence-corrected chi connectivity index (χ1v) is 6.97. The largest absolute Gasteiger partial charge is 0.396 e. The topological polar surface area (TPSA) is 87.3 Å². The highest BCUT2D eigenvalue weighted by Crippen LogP contribution is 2.30. The zero-order chi connectivity index (χ0) is 14.9. The van der Waals surface area contributed by atoms with Crippen LogP contribution >= 0.6 is 15.9 Å². The normalized spacial score (nSPS) is 12.1. The summed E-state index contributed by atoms with van der Waals surface area (Å²) in [6.45, 7) is 2.08. The molecule has 0 amide bonds. The number of aliphatic hydroxyl groups excluding tert-OH is 2. The van der Waals surface area contributed by atoms with Crippen LogP contribution in [0.4, 0.5) is 5.82 Å². The van der Waals surface area contributed by atoms with E-state index in [2.05, 4.69) is 31.0 Å². The zero-order valence-corrected chi connectivity index (χ0v) is 13.3. The van der Waals surface area contributed by atoms with Crippen molar-refractivity contribution in [3.8, 4) is 0 Å². The van der Waals surface area contributed by atoms with E-state index in [1.165, 1.54) is 6.33 Å². The number of anilines is 1. The first-order chi connectivity index (χ1) is 9.41. The fourth-order valence-electron chi connectivity index (χ4n) is 2.11. The van der Waals surface area contributed by atoms with Crippen LogP contribution in [0, 0.1) is 5.41 Å². The number of nitrogens with zero attached hydrogens (tertiary/aromatic N) is 5. The van der Waals surface area contributed by atoms with Gasteiger partial charge < -0.3 is 15.1 Å². The van der Waals surface area contributed by atoms with Crippen LogP contribution in [0.5, 0.6) is 0 Å². The number of aromatic nitrogens is 4. The summed E-state index contributed by atoms with van der Waals surface area (Å²) in [6.07, 6.45) is 1.48. The van der Waals surface area contributed by atoms with E-state index in [4.69, 9.17) is 0 Å². The van der Waals surface area contributed by atoms with Gasteiger partial charge in [0, 0.05) is 26.1 Å². The SMILES string of the molecule is CN(CC(C)(CO)CO)c1ncnc2c1c(Br)nn2C. The Morgan fingerprint density at radius 3 is 2.60 bits per heavy atom. The Hall–Kier alpha value is -1.25. The predicted molar refractivity (Wildman–Crippen MR) is 79.6 cm³/mol. The molecule has 0 saturated heterocycles. The van der Waals surface area contributed by atoms with Gasteiger partial charge in [-0.15, -0.1) is 0 Å². The average Bonchev–Trinajstić information content (AvgIpc) is 2.74. The van der Waals surface area contributed by atoms with Gasteiger partial charge in [-0.25, -0.2) is 14.6 Å². The Kier molecular flexibility index (Phi) is 4.26. The minimum Gasteiger partial charge on any atom is -0.396 e. The van der Waals surface area contributed by atoms with Crippen LogP contribution in [-0.2, 0) is 7.05 Å². The van der Waals surface area contributed by atoms with Crippen LogP contribution in [0.15, 0.2) is 10.9 Å². The Morgan fingerprint density at radius 2 is 2.00 bits per heavy atom. The molecule has 7 nitrogen and oxygen atoms in total. The highest BCUT2D eigenvalue weighted by molar-refractivity contribution is 9.10. The molecule has 0 aliphatic carbocycles. The Labute approximate surface area is 125 Å². The highest BCUT2D eigenvalue weighted by Gasteiger charge is 2.26. The maximum atomic E-state index is 9.41. The van der Waals surface area contributed by atoms with Gasteiger partial charge in [-0.3, -0.25) is 0 Å². The van der Waals surface area contributed by atoms with Gasteiger partial charge in [0.1, 0.15) is 16.7 Å². The number of rotatable bonds is 5. The summed E-state index contributed by atoms with van der Waals surface area (Å²) in [5.41, 5.74) is 0.129. The van der Waals surface area contributed by atoms with Gasteiger partial charge in [-0.1, -0.05) is 6.92 Å². The average molecular weight is 344 g/mol. The minimum absolute atomic E-state index is 0.101. The quantitative estimate of drug-likeness (QED) is 0.824. The van der Waals surface area contributed by atoms with Crippen LogP contribution in [0.25, 0.3) is 11.0 Å². The maximum absolute atomic E-state index is 9.41. The van der Waals surface area contributed by atoms with E-state index < -0.39 is 5.41 Å². The second kappa shape index (κ2) is 5.63. The van der Waals surface area contributed by atoms with Crippen LogP contribution in [0.1, 0.15) is 6.92 Å². The van der Waals surface area contributed by atoms with Crippen molar-refractivity contribution in [2.45, 2.75) is 6.92 Å². The molecule has 0 atom stereocenters. The number of hydrogen-bond acceptors (Lipinski definition) is 6. The van der Waals surface area contributed by atoms with Crippen molar-refractivity contribution in [1.29, 1.82) is 0 Å². The lowest BCUT2D eigenvalue weighted by atomic mass is 9.92. The molecule has 0 radical (unpaired) electrons. The van der Waals surface area contributed by atoms with Gasteiger partial charge in [0.15, 0.2) is 5.65 Å². The number of halogens is 1. The Morgan fingerprint density at radius 1 is 1.35 bits per heavy atom. The van der Waals surface area contributed by atoms with Crippen molar-refractivity contribution in [2.75, 3.05) is 31.7 Å². The third-order valence-corrected chi connectivity index (χ3v) is 3.86. The molecule has 0 unspecified atom stereocenters. The third kappa shape index (κ3) is 2.63. The lowest BCUT2D eigenvalue weighted by Crippen LogP contribution is -2.39. The van der Waals surface area contributed by atoms with Crippen LogP contribution in [-0.4, -0.2) is 56.8 Å². The smallest absolute Gasteiger partial charge is 0.164 e. The van der Waals surface area contributed by atoms with E-state index in [0.29, 0.717) is 17.0 Å². The standard InChI is InChI=1S/C12H18BrN5O2/c1-12(5-19,6-20)4-17(2)10-8-9(13)16-18(3)11(8)15-7-14-10/h7,19-20H,4-6H2,1-3H3. The van der Waals surface area contributed by atoms with Crippen molar-refractivity contribution in [1.82, 2.24) is 19.7 Å². The second-order valence-electron chi connectivity index (χ2n) is 5.29. The van der Waals surface area contributed by atoms with Crippen molar-refractivity contribution in [3.05, 3.63) is 10.9 Å². The van der Waals surface area contributed by atoms with Gasteiger partial charge in [0.05, 0.1) is 18.6 Å². The molecule has 2 heterocycles. The predicted octanol–water partition coefficient (Wildman–Crippen LogP) is 0.553. The molecule has 0 saturated carbocycles. The van der Waals surface area contributed by atoms with Crippen molar-refractivity contribution in [2.24, 2.45) is 12.5 Å². The molecule has 0 fully saturated rings. The van der Waals surface area contributed by atoms with E-state index in [9.17, 15) is 10.2 Å². The van der Waals surface area contributed by atoms with Crippen LogP contribution < -0.4 is 4.90 Å². The summed E-state index contributed by atoms with van der Waals surface area (Å²) in [5, 5.41) is 23.9. The molecule has 2 rings (SSSR count). The second-order valence-corrected chi connectivity index (χ2v) is 6.04. The molecule has 2 aromatic rings. The molecule has 0 spiro atoms. The van der Waals surface area contributed by atoms with Crippen LogP contribution in [0.2, 0.25) is 0 Å². The van der Waals surface area contributed by atoms with Crippen LogP contribution in [0.3, 0.4) is 0 Å². The van der Waals surface area contributed by atoms with Gasteiger partial charge in [0.2, 0.25) is 0 Å². The van der Waals surface area contributed by atoms with Crippen molar-refractivity contribution in [3.63, 3.8) is 0 Å². The molecule has 110 valence electrons. The number of aryl methyl sites for hydroxylation is 1. The molecule has 0 aliphatic heterocycles. The first-order valence-electron chi connectivity index (χ1n) is 6.18. The first kappa shape index (κ1) is 15.1. The molecular weight excluding hydrogens is 326 g/mol.